The van der Waals surface area contributed by atoms with Gasteiger partial charge in [-0.3, -0.25) is 0 Å². The van der Waals surface area contributed by atoms with Gasteiger partial charge < -0.3 is 16.2 Å². The summed E-state index contributed by atoms with van der Waals surface area (Å²) < 4.78 is 0.890. The van der Waals surface area contributed by atoms with Gasteiger partial charge in [0.25, 0.3) is 0 Å². The first-order valence-electron chi connectivity index (χ1n) is 5.75. The van der Waals surface area contributed by atoms with Crippen molar-refractivity contribution >= 4 is 27.4 Å². The van der Waals surface area contributed by atoms with Gasteiger partial charge in [0, 0.05) is 12.6 Å². The average molecular weight is 302 g/mol. The molecule has 0 aromatic carbocycles. The van der Waals surface area contributed by atoms with E-state index in [1.807, 2.05) is 6.92 Å². The lowest BCUT2D eigenvalue weighted by Crippen LogP contribution is -2.27. The molecule has 5 heteroatoms. The molecular formula is C12H20BrN3O. The minimum Gasteiger partial charge on any atom is -0.397 e. The van der Waals surface area contributed by atoms with E-state index in [2.05, 4.69) is 40.1 Å². The molecule has 1 rings (SSSR count). The predicted molar refractivity (Wildman–Crippen MR) is 75.0 cm³/mol. The number of nitrogens with two attached hydrogens (primary N) is 1. The van der Waals surface area contributed by atoms with E-state index >= 15 is 0 Å². The van der Waals surface area contributed by atoms with Gasteiger partial charge in [-0.25, -0.2) is 4.98 Å². The lowest BCUT2D eigenvalue weighted by atomic mass is 10.0. The second kappa shape index (κ2) is 6.21. The minimum atomic E-state index is 0.168. The van der Waals surface area contributed by atoms with Crippen LogP contribution in [0, 0.1) is 12.8 Å². The fourth-order valence-electron chi connectivity index (χ4n) is 1.58. The first-order chi connectivity index (χ1) is 7.97. The molecule has 1 aromatic rings. The molecule has 1 aromatic heterocycles. The van der Waals surface area contributed by atoms with Gasteiger partial charge in [0.05, 0.1) is 16.4 Å². The van der Waals surface area contributed by atoms with Gasteiger partial charge in [-0.2, -0.15) is 0 Å². The molecule has 0 radical (unpaired) electrons. The first-order valence-corrected chi connectivity index (χ1v) is 6.54. The third-order valence-electron chi connectivity index (χ3n) is 2.87. The third-order valence-corrected chi connectivity index (χ3v) is 3.84. The number of aromatic nitrogens is 1. The van der Waals surface area contributed by atoms with Gasteiger partial charge in [0.1, 0.15) is 5.82 Å². The number of rotatable bonds is 5. The van der Waals surface area contributed by atoms with Gasteiger partial charge in [0.15, 0.2) is 0 Å². The van der Waals surface area contributed by atoms with Crippen molar-refractivity contribution in [3.8, 4) is 0 Å². The fraction of sp³-hybridized carbons (Fsp3) is 0.583. The monoisotopic (exact) mass is 301 g/mol. The second-order valence-electron chi connectivity index (χ2n) is 4.51. The largest absolute Gasteiger partial charge is 0.397 e. The van der Waals surface area contributed by atoms with E-state index in [9.17, 15) is 0 Å². The minimum absolute atomic E-state index is 0.168. The van der Waals surface area contributed by atoms with Crippen LogP contribution in [-0.4, -0.2) is 22.7 Å². The van der Waals surface area contributed by atoms with Crippen molar-refractivity contribution in [1.82, 2.24) is 4.98 Å². The summed E-state index contributed by atoms with van der Waals surface area (Å²) in [6, 6.07) is 0.201. The zero-order valence-electron chi connectivity index (χ0n) is 10.5. The molecule has 4 N–H and O–H groups in total. The highest BCUT2D eigenvalue weighted by molar-refractivity contribution is 9.10. The highest BCUT2D eigenvalue weighted by atomic mass is 79.9. The highest BCUT2D eigenvalue weighted by Crippen LogP contribution is 2.29. The molecule has 0 aliphatic heterocycles. The summed E-state index contributed by atoms with van der Waals surface area (Å²) in [7, 11) is 0. The number of anilines is 2. The summed E-state index contributed by atoms with van der Waals surface area (Å²) in [4.78, 5) is 4.28. The summed E-state index contributed by atoms with van der Waals surface area (Å²) in [5.74, 6) is 1.21. The van der Waals surface area contributed by atoms with Crippen LogP contribution >= 0.6 is 15.9 Å². The molecule has 96 valence electrons. The molecule has 0 fully saturated rings. The van der Waals surface area contributed by atoms with E-state index < -0.39 is 0 Å². The SMILES string of the molecule is Cc1c(N)cnc(NC(CCO)C(C)C)c1Br. The number of halogens is 1. The topological polar surface area (TPSA) is 71.2 Å². The maximum atomic E-state index is 9.04. The Morgan fingerprint density at radius 3 is 2.71 bits per heavy atom. The standard InChI is InChI=1S/C12H20BrN3O/c1-7(2)10(4-5-17)16-12-11(13)8(3)9(14)6-15-12/h6-7,10,17H,4-5,14H2,1-3H3,(H,15,16). The summed E-state index contributed by atoms with van der Waals surface area (Å²) in [5, 5.41) is 12.4. The third kappa shape index (κ3) is 3.57. The highest BCUT2D eigenvalue weighted by Gasteiger charge is 2.15. The number of pyridine rings is 1. The molecule has 0 amide bonds. The van der Waals surface area contributed by atoms with Crippen LogP contribution in [0.15, 0.2) is 10.7 Å². The summed E-state index contributed by atoms with van der Waals surface area (Å²) in [6.07, 6.45) is 2.36. The maximum Gasteiger partial charge on any atom is 0.140 e. The van der Waals surface area contributed by atoms with Crippen LogP contribution in [0.1, 0.15) is 25.8 Å². The lowest BCUT2D eigenvalue weighted by molar-refractivity contribution is 0.267. The zero-order chi connectivity index (χ0) is 13.0. The van der Waals surface area contributed by atoms with E-state index in [4.69, 9.17) is 10.8 Å². The van der Waals surface area contributed by atoms with Crippen LogP contribution in [0.2, 0.25) is 0 Å². The van der Waals surface area contributed by atoms with E-state index in [0.717, 1.165) is 15.9 Å². The molecule has 0 aliphatic rings. The van der Waals surface area contributed by atoms with Crippen LogP contribution in [0.3, 0.4) is 0 Å². The number of nitrogens with one attached hydrogen (secondary N) is 1. The molecule has 1 heterocycles. The number of hydrogen-bond acceptors (Lipinski definition) is 4. The quantitative estimate of drug-likeness (QED) is 0.781. The molecule has 0 saturated carbocycles. The smallest absolute Gasteiger partial charge is 0.140 e. The Labute approximate surface area is 111 Å². The predicted octanol–water partition coefficient (Wildman–Crippen LogP) is 2.55. The second-order valence-corrected chi connectivity index (χ2v) is 5.30. The number of nitrogen functional groups attached to an aromatic ring is 1. The number of nitrogens with zero attached hydrogens (tertiary/aromatic N) is 1. The Bertz CT molecular complexity index is 382. The number of aliphatic hydroxyl groups is 1. The van der Waals surface area contributed by atoms with Crippen molar-refractivity contribution in [2.45, 2.75) is 33.2 Å². The number of hydrogen-bond donors (Lipinski definition) is 3. The van der Waals surface area contributed by atoms with Crippen molar-refractivity contribution in [3.05, 3.63) is 16.2 Å². The van der Waals surface area contributed by atoms with E-state index in [0.29, 0.717) is 18.0 Å². The fourth-order valence-corrected chi connectivity index (χ4v) is 2.03. The van der Waals surface area contributed by atoms with E-state index in [1.165, 1.54) is 0 Å². The molecule has 0 spiro atoms. The Morgan fingerprint density at radius 2 is 2.18 bits per heavy atom. The average Bonchev–Trinajstić information content (AvgIpc) is 2.28. The summed E-state index contributed by atoms with van der Waals surface area (Å²) in [5.41, 5.74) is 7.43. The van der Waals surface area contributed by atoms with Gasteiger partial charge in [-0.1, -0.05) is 13.8 Å². The molecule has 1 unspecified atom stereocenters. The van der Waals surface area contributed by atoms with Crippen molar-refractivity contribution in [2.75, 3.05) is 17.7 Å². The summed E-state index contributed by atoms with van der Waals surface area (Å²) in [6.45, 7) is 6.35. The van der Waals surface area contributed by atoms with Crippen molar-refractivity contribution in [2.24, 2.45) is 5.92 Å². The Balaban J connectivity index is 2.90. The Morgan fingerprint density at radius 1 is 1.53 bits per heavy atom. The van der Waals surface area contributed by atoms with Crippen LogP contribution in [0.25, 0.3) is 0 Å². The molecule has 4 nitrogen and oxygen atoms in total. The van der Waals surface area contributed by atoms with Crippen LogP contribution in [0.4, 0.5) is 11.5 Å². The zero-order valence-corrected chi connectivity index (χ0v) is 12.1. The number of aliphatic hydroxyl groups excluding tert-OH is 1. The summed E-state index contributed by atoms with van der Waals surface area (Å²) >= 11 is 3.49. The van der Waals surface area contributed by atoms with Crippen LogP contribution in [0.5, 0.6) is 0 Å². The van der Waals surface area contributed by atoms with Crippen molar-refractivity contribution in [1.29, 1.82) is 0 Å². The molecule has 1 atom stereocenters. The Hall–Kier alpha value is -0.810. The van der Waals surface area contributed by atoms with Gasteiger partial charge >= 0.3 is 0 Å². The Kier molecular flexibility index (Phi) is 5.21. The molecule has 17 heavy (non-hydrogen) atoms. The first kappa shape index (κ1) is 14.3. The van der Waals surface area contributed by atoms with Gasteiger partial charge in [-0.05, 0) is 40.8 Å². The van der Waals surface area contributed by atoms with Gasteiger partial charge in [0.2, 0.25) is 0 Å². The molecule has 0 bridgehead atoms. The van der Waals surface area contributed by atoms with Crippen molar-refractivity contribution < 1.29 is 5.11 Å². The lowest BCUT2D eigenvalue weighted by Gasteiger charge is -2.23. The van der Waals surface area contributed by atoms with Crippen LogP contribution in [-0.2, 0) is 0 Å². The molecule has 0 saturated heterocycles. The molecular weight excluding hydrogens is 282 g/mol. The molecule has 0 aliphatic carbocycles. The normalized spacial score (nSPS) is 12.8. The van der Waals surface area contributed by atoms with Crippen LogP contribution < -0.4 is 11.1 Å². The van der Waals surface area contributed by atoms with E-state index in [-0.39, 0.29) is 12.6 Å². The van der Waals surface area contributed by atoms with E-state index in [1.54, 1.807) is 6.20 Å². The van der Waals surface area contributed by atoms with Gasteiger partial charge in [-0.15, -0.1) is 0 Å². The van der Waals surface area contributed by atoms with Crippen molar-refractivity contribution in [3.63, 3.8) is 0 Å². The maximum absolute atomic E-state index is 9.04.